The van der Waals surface area contributed by atoms with Crippen molar-refractivity contribution in [2.45, 2.75) is 19.8 Å². The van der Waals surface area contributed by atoms with E-state index < -0.39 is 5.91 Å². The Morgan fingerprint density at radius 2 is 2.00 bits per heavy atom. The van der Waals surface area contributed by atoms with Crippen LogP contribution in [0.5, 0.6) is 0 Å². The van der Waals surface area contributed by atoms with Crippen LogP contribution in [0.1, 0.15) is 51.6 Å². The molecule has 0 aliphatic rings. The first-order chi connectivity index (χ1) is 16.5. The molecule has 0 saturated carbocycles. The summed E-state index contributed by atoms with van der Waals surface area (Å²) in [6.45, 7) is 2.53. The number of aromatic nitrogens is 2. The Kier molecular flexibility index (Phi) is 8.53. The molecule has 2 amide bonds. The molecule has 0 bridgehead atoms. The van der Waals surface area contributed by atoms with E-state index in [1.54, 1.807) is 54.3 Å². The molecule has 0 aliphatic heterocycles. The predicted octanol–water partition coefficient (Wildman–Crippen LogP) is 3.53. The Labute approximate surface area is 199 Å². The molecule has 172 valence electrons. The van der Waals surface area contributed by atoms with Crippen LogP contribution >= 0.6 is 0 Å². The Morgan fingerprint density at radius 3 is 2.71 bits per heavy atom. The summed E-state index contributed by atoms with van der Waals surface area (Å²) in [6.07, 6.45) is 8.99. The standard InChI is InChI=1S/C27H27N5O2/c1-3-20(19-29-2)8-5-14-30-27(34)24-12-13-25(32-16-6-15-31-32)22(18-24)11-10-21-7-4-9-23(17-21)26(28)33/h3-4,6-7,9,12-13,15-19H,5,8,14H2,1-2H3,(H2,28,33)(H,30,34)/b20-3-,29-19-. The second kappa shape index (κ2) is 12.0. The maximum Gasteiger partial charge on any atom is 0.251 e. The van der Waals surface area contributed by atoms with E-state index in [1.165, 1.54) is 0 Å². The number of nitrogens with two attached hydrogens (primary N) is 1. The molecule has 0 saturated heterocycles. The number of aliphatic imine (C=N–C) groups is 1. The zero-order chi connectivity index (χ0) is 24.3. The zero-order valence-corrected chi connectivity index (χ0v) is 19.3. The summed E-state index contributed by atoms with van der Waals surface area (Å²) >= 11 is 0. The van der Waals surface area contributed by atoms with Crippen molar-refractivity contribution in [3.05, 3.63) is 94.8 Å². The number of carbonyl (C=O) groups is 2. The lowest BCUT2D eigenvalue weighted by Crippen LogP contribution is -2.24. The highest BCUT2D eigenvalue weighted by molar-refractivity contribution is 5.95. The van der Waals surface area contributed by atoms with Gasteiger partial charge in [-0.2, -0.15) is 5.10 Å². The first kappa shape index (κ1) is 24.2. The molecule has 0 unspecified atom stereocenters. The van der Waals surface area contributed by atoms with Gasteiger partial charge in [-0.1, -0.05) is 24.0 Å². The second-order valence-electron chi connectivity index (χ2n) is 7.49. The van der Waals surface area contributed by atoms with Crippen LogP contribution in [0.4, 0.5) is 0 Å². The maximum absolute atomic E-state index is 12.8. The quantitative estimate of drug-likeness (QED) is 0.310. The zero-order valence-electron chi connectivity index (χ0n) is 19.3. The molecule has 0 spiro atoms. The molecule has 7 heteroatoms. The maximum atomic E-state index is 12.8. The lowest BCUT2D eigenvalue weighted by molar-refractivity contribution is 0.0952. The fraction of sp³-hybridized carbons (Fsp3) is 0.185. The van der Waals surface area contributed by atoms with Crippen LogP contribution in [0.3, 0.4) is 0 Å². The molecule has 3 aromatic rings. The third-order valence-electron chi connectivity index (χ3n) is 5.09. The molecular formula is C27H27N5O2. The van der Waals surface area contributed by atoms with Crippen molar-refractivity contribution in [1.82, 2.24) is 15.1 Å². The van der Waals surface area contributed by atoms with Gasteiger partial charge >= 0.3 is 0 Å². The van der Waals surface area contributed by atoms with Gasteiger partial charge in [0.2, 0.25) is 5.91 Å². The molecule has 0 radical (unpaired) electrons. The van der Waals surface area contributed by atoms with Gasteiger partial charge in [0.1, 0.15) is 0 Å². The van der Waals surface area contributed by atoms with Gasteiger partial charge in [-0.15, -0.1) is 0 Å². The number of rotatable bonds is 8. The Bertz CT molecular complexity index is 1280. The minimum Gasteiger partial charge on any atom is -0.366 e. The van der Waals surface area contributed by atoms with Crippen LogP contribution in [0.2, 0.25) is 0 Å². The van der Waals surface area contributed by atoms with Crippen molar-refractivity contribution in [3.63, 3.8) is 0 Å². The van der Waals surface area contributed by atoms with Crippen LogP contribution in [0.15, 0.2) is 77.6 Å². The highest BCUT2D eigenvalue weighted by Gasteiger charge is 2.10. The molecular weight excluding hydrogens is 426 g/mol. The van der Waals surface area contributed by atoms with E-state index in [2.05, 4.69) is 27.2 Å². The van der Waals surface area contributed by atoms with Crippen molar-refractivity contribution in [2.24, 2.45) is 10.7 Å². The molecule has 2 aromatic carbocycles. The van der Waals surface area contributed by atoms with Crippen molar-refractivity contribution >= 4 is 18.0 Å². The first-order valence-electron chi connectivity index (χ1n) is 10.9. The number of nitrogens with zero attached hydrogens (tertiary/aromatic N) is 3. The highest BCUT2D eigenvalue weighted by atomic mass is 16.2. The second-order valence-corrected chi connectivity index (χ2v) is 7.49. The number of primary amides is 1. The van der Waals surface area contributed by atoms with Gasteiger partial charge in [-0.3, -0.25) is 14.6 Å². The molecule has 0 aliphatic carbocycles. The van der Waals surface area contributed by atoms with E-state index in [0.717, 1.165) is 24.1 Å². The van der Waals surface area contributed by atoms with E-state index in [9.17, 15) is 9.59 Å². The lowest BCUT2D eigenvalue weighted by Gasteiger charge is -2.09. The summed E-state index contributed by atoms with van der Waals surface area (Å²) in [5.41, 5.74) is 9.43. The number of hydrogen-bond donors (Lipinski definition) is 2. The van der Waals surface area contributed by atoms with Gasteiger partial charge in [-0.05, 0) is 67.8 Å². The summed E-state index contributed by atoms with van der Waals surface area (Å²) in [7, 11) is 1.74. The summed E-state index contributed by atoms with van der Waals surface area (Å²) < 4.78 is 1.69. The van der Waals surface area contributed by atoms with Gasteiger partial charge in [-0.25, -0.2) is 4.68 Å². The number of amides is 2. The van der Waals surface area contributed by atoms with Crippen molar-refractivity contribution in [3.8, 4) is 17.5 Å². The molecule has 7 nitrogen and oxygen atoms in total. The fourth-order valence-electron chi connectivity index (χ4n) is 3.32. The topological polar surface area (TPSA) is 102 Å². The number of allylic oxidation sites excluding steroid dienone is 2. The van der Waals surface area contributed by atoms with Crippen LogP contribution in [0.25, 0.3) is 5.69 Å². The van der Waals surface area contributed by atoms with E-state index in [1.807, 2.05) is 37.5 Å². The molecule has 0 atom stereocenters. The van der Waals surface area contributed by atoms with Crippen LogP contribution in [0, 0.1) is 11.8 Å². The van der Waals surface area contributed by atoms with Crippen molar-refractivity contribution in [1.29, 1.82) is 0 Å². The third kappa shape index (κ3) is 6.53. The van der Waals surface area contributed by atoms with E-state index in [-0.39, 0.29) is 5.91 Å². The van der Waals surface area contributed by atoms with E-state index >= 15 is 0 Å². The summed E-state index contributed by atoms with van der Waals surface area (Å²) in [5.74, 6) is 5.50. The number of carbonyl (C=O) groups excluding carboxylic acids is 2. The minimum atomic E-state index is -0.511. The lowest BCUT2D eigenvalue weighted by atomic mass is 10.1. The summed E-state index contributed by atoms with van der Waals surface area (Å²) in [5, 5.41) is 7.25. The Balaban J connectivity index is 1.81. The van der Waals surface area contributed by atoms with Gasteiger partial charge in [0, 0.05) is 48.9 Å². The summed E-state index contributed by atoms with van der Waals surface area (Å²) in [6, 6.07) is 14.0. The smallest absolute Gasteiger partial charge is 0.251 e. The molecule has 3 N–H and O–H groups in total. The van der Waals surface area contributed by atoms with Gasteiger partial charge in [0.25, 0.3) is 5.91 Å². The fourth-order valence-corrected chi connectivity index (χ4v) is 3.32. The number of nitrogens with one attached hydrogen (secondary N) is 1. The van der Waals surface area contributed by atoms with E-state index in [4.69, 9.17) is 5.73 Å². The molecule has 1 aromatic heterocycles. The normalized spacial score (nSPS) is 11.2. The van der Waals surface area contributed by atoms with Gasteiger partial charge < -0.3 is 11.1 Å². The molecule has 0 fully saturated rings. The van der Waals surface area contributed by atoms with Gasteiger partial charge in [0.15, 0.2) is 0 Å². The first-order valence-corrected chi connectivity index (χ1v) is 10.9. The summed E-state index contributed by atoms with van der Waals surface area (Å²) in [4.78, 5) is 28.3. The third-order valence-corrected chi connectivity index (χ3v) is 5.09. The minimum absolute atomic E-state index is 0.169. The molecule has 1 heterocycles. The largest absolute Gasteiger partial charge is 0.366 e. The van der Waals surface area contributed by atoms with Crippen LogP contribution in [-0.2, 0) is 0 Å². The average molecular weight is 454 g/mol. The highest BCUT2D eigenvalue weighted by Crippen LogP contribution is 2.16. The number of benzene rings is 2. The monoisotopic (exact) mass is 453 g/mol. The average Bonchev–Trinajstić information content (AvgIpc) is 3.39. The SMILES string of the molecule is C/C=C(\C=N/C)CCCNC(=O)c1ccc(-n2cccn2)c(C#Cc2cccc(C(N)=O)c2)c1. The predicted molar refractivity (Wildman–Crippen MR) is 134 cm³/mol. The van der Waals surface area contributed by atoms with Gasteiger partial charge in [0.05, 0.1) is 11.3 Å². The van der Waals surface area contributed by atoms with Crippen LogP contribution < -0.4 is 11.1 Å². The number of hydrogen-bond acceptors (Lipinski definition) is 4. The van der Waals surface area contributed by atoms with Crippen molar-refractivity contribution < 1.29 is 9.59 Å². The van der Waals surface area contributed by atoms with Crippen LogP contribution in [-0.4, -0.2) is 41.4 Å². The Morgan fingerprint density at radius 1 is 1.15 bits per heavy atom. The molecule has 3 rings (SSSR count). The Hall–Kier alpha value is -4.44. The van der Waals surface area contributed by atoms with E-state index in [0.29, 0.717) is 28.8 Å². The molecule has 34 heavy (non-hydrogen) atoms. The van der Waals surface area contributed by atoms with Crippen molar-refractivity contribution in [2.75, 3.05) is 13.6 Å².